The van der Waals surface area contributed by atoms with Gasteiger partial charge in [0.1, 0.15) is 11.4 Å². The molecule has 1 atom stereocenters. The second-order valence-electron chi connectivity index (χ2n) is 3.58. The fourth-order valence-electron chi connectivity index (χ4n) is 1.23. The van der Waals surface area contributed by atoms with E-state index in [4.69, 9.17) is 10.5 Å². The van der Waals surface area contributed by atoms with Crippen LogP contribution in [0.25, 0.3) is 0 Å². The number of nitrogens with zero attached hydrogens (tertiary/aromatic N) is 3. The summed E-state index contributed by atoms with van der Waals surface area (Å²) < 4.78 is 5.42. The van der Waals surface area contributed by atoms with E-state index in [9.17, 15) is 0 Å². The molecule has 0 amide bonds. The third-order valence-corrected chi connectivity index (χ3v) is 2.61. The van der Waals surface area contributed by atoms with E-state index in [0.29, 0.717) is 11.6 Å². The molecule has 0 aliphatic heterocycles. The minimum Gasteiger partial charge on any atom is -0.371 e. The van der Waals surface area contributed by atoms with Crippen molar-refractivity contribution >= 4 is 5.95 Å². The average molecular weight is 210 g/mol. The molecule has 0 bridgehead atoms. The molecule has 1 rings (SSSR count). The van der Waals surface area contributed by atoms with Gasteiger partial charge in [0.05, 0.1) is 0 Å². The number of aromatic nitrogens is 3. The molecule has 84 valence electrons. The zero-order valence-electron chi connectivity index (χ0n) is 9.74. The van der Waals surface area contributed by atoms with E-state index in [-0.39, 0.29) is 5.95 Å². The van der Waals surface area contributed by atoms with Gasteiger partial charge in [0.2, 0.25) is 5.95 Å². The Morgan fingerprint density at radius 1 is 1.27 bits per heavy atom. The number of anilines is 1. The minimum absolute atomic E-state index is 0.258. The van der Waals surface area contributed by atoms with Crippen molar-refractivity contribution in [3.05, 3.63) is 11.6 Å². The van der Waals surface area contributed by atoms with E-state index in [1.54, 1.807) is 7.11 Å². The molecule has 1 aromatic heterocycles. The molecule has 0 aromatic carbocycles. The maximum atomic E-state index is 5.62. The first-order valence-electron chi connectivity index (χ1n) is 5.11. The number of methoxy groups -OCH3 is 1. The maximum Gasteiger partial charge on any atom is 0.223 e. The van der Waals surface area contributed by atoms with Crippen molar-refractivity contribution in [3.63, 3.8) is 0 Å². The van der Waals surface area contributed by atoms with E-state index >= 15 is 0 Å². The Balaban J connectivity index is 3.18. The Bertz CT molecular complexity index is 336. The first-order valence-corrected chi connectivity index (χ1v) is 5.11. The van der Waals surface area contributed by atoms with Gasteiger partial charge < -0.3 is 10.5 Å². The fourth-order valence-corrected chi connectivity index (χ4v) is 1.23. The van der Waals surface area contributed by atoms with Crippen LogP contribution in [0.2, 0.25) is 0 Å². The molecule has 15 heavy (non-hydrogen) atoms. The number of hydrogen-bond acceptors (Lipinski definition) is 5. The quantitative estimate of drug-likeness (QED) is 0.810. The van der Waals surface area contributed by atoms with Crippen LogP contribution in [-0.2, 0) is 16.8 Å². The Morgan fingerprint density at radius 2 is 1.93 bits per heavy atom. The van der Waals surface area contributed by atoms with Gasteiger partial charge in [0, 0.05) is 13.5 Å². The molecule has 2 N–H and O–H groups in total. The van der Waals surface area contributed by atoms with Gasteiger partial charge in [-0.15, -0.1) is 0 Å². The highest BCUT2D eigenvalue weighted by Gasteiger charge is 2.28. The lowest BCUT2D eigenvalue weighted by atomic mass is 10.0. The summed E-state index contributed by atoms with van der Waals surface area (Å²) in [6.07, 6.45) is 1.53. The Hall–Kier alpha value is -1.23. The van der Waals surface area contributed by atoms with Crippen molar-refractivity contribution in [2.45, 2.75) is 39.2 Å². The van der Waals surface area contributed by atoms with Crippen LogP contribution < -0.4 is 5.73 Å². The minimum atomic E-state index is -0.485. The topological polar surface area (TPSA) is 73.9 Å². The number of hydrogen-bond donors (Lipinski definition) is 1. The molecule has 5 heteroatoms. The van der Waals surface area contributed by atoms with Gasteiger partial charge in [-0.2, -0.15) is 9.97 Å². The lowest BCUT2D eigenvalue weighted by Gasteiger charge is -2.24. The molecule has 0 saturated carbocycles. The van der Waals surface area contributed by atoms with E-state index in [2.05, 4.69) is 15.0 Å². The standard InChI is InChI=1S/C10H18N4O/c1-5-7-12-8(14-9(11)13-7)10(3,6-2)15-4/h5-6H2,1-4H3,(H2,11,12,13,14). The predicted octanol–water partition coefficient (Wildman–Crippen LogP) is 1.29. The molecular formula is C10H18N4O. The molecule has 0 fully saturated rings. The molecular weight excluding hydrogens is 192 g/mol. The third-order valence-electron chi connectivity index (χ3n) is 2.61. The van der Waals surface area contributed by atoms with E-state index in [1.807, 2.05) is 20.8 Å². The van der Waals surface area contributed by atoms with Crippen molar-refractivity contribution in [1.82, 2.24) is 15.0 Å². The summed E-state index contributed by atoms with van der Waals surface area (Å²) in [7, 11) is 1.65. The van der Waals surface area contributed by atoms with Gasteiger partial charge in [-0.3, -0.25) is 0 Å². The van der Waals surface area contributed by atoms with Crippen LogP contribution in [0.4, 0.5) is 5.95 Å². The molecule has 1 unspecified atom stereocenters. The van der Waals surface area contributed by atoms with Crippen LogP contribution in [0.15, 0.2) is 0 Å². The summed E-state index contributed by atoms with van der Waals surface area (Å²) in [5.74, 6) is 1.57. The zero-order chi connectivity index (χ0) is 11.5. The highest BCUT2D eigenvalue weighted by atomic mass is 16.5. The number of rotatable bonds is 4. The average Bonchev–Trinajstić information content (AvgIpc) is 2.27. The van der Waals surface area contributed by atoms with Gasteiger partial charge in [0.15, 0.2) is 5.82 Å². The molecule has 0 saturated heterocycles. The van der Waals surface area contributed by atoms with E-state index < -0.39 is 5.60 Å². The Labute approximate surface area is 90.1 Å². The lowest BCUT2D eigenvalue weighted by molar-refractivity contribution is -0.00921. The van der Waals surface area contributed by atoms with Gasteiger partial charge >= 0.3 is 0 Å². The second-order valence-corrected chi connectivity index (χ2v) is 3.58. The second kappa shape index (κ2) is 4.53. The van der Waals surface area contributed by atoms with Crippen LogP contribution in [0, 0.1) is 0 Å². The summed E-state index contributed by atoms with van der Waals surface area (Å²) in [5.41, 5.74) is 5.14. The molecule has 0 aliphatic rings. The Morgan fingerprint density at radius 3 is 2.40 bits per heavy atom. The lowest BCUT2D eigenvalue weighted by Crippen LogP contribution is -2.27. The fraction of sp³-hybridized carbons (Fsp3) is 0.700. The smallest absolute Gasteiger partial charge is 0.223 e. The molecule has 0 spiro atoms. The van der Waals surface area contributed by atoms with Gasteiger partial charge in [-0.25, -0.2) is 4.98 Å². The number of ether oxygens (including phenoxy) is 1. The van der Waals surface area contributed by atoms with Crippen LogP contribution in [0.3, 0.4) is 0 Å². The van der Waals surface area contributed by atoms with Crippen LogP contribution >= 0.6 is 0 Å². The predicted molar refractivity (Wildman–Crippen MR) is 58.3 cm³/mol. The molecule has 1 heterocycles. The summed E-state index contributed by atoms with van der Waals surface area (Å²) in [4.78, 5) is 12.5. The number of nitrogen functional groups attached to an aromatic ring is 1. The van der Waals surface area contributed by atoms with Crippen molar-refractivity contribution in [3.8, 4) is 0 Å². The first kappa shape index (κ1) is 11.8. The zero-order valence-corrected chi connectivity index (χ0v) is 9.74. The summed E-state index contributed by atoms with van der Waals surface area (Å²) in [5, 5.41) is 0. The summed E-state index contributed by atoms with van der Waals surface area (Å²) in [6.45, 7) is 5.95. The largest absolute Gasteiger partial charge is 0.371 e. The highest BCUT2D eigenvalue weighted by molar-refractivity contribution is 5.18. The van der Waals surface area contributed by atoms with Crippen LogP contribution in [0.5, 0.6) is 0 Å². The van der Waals surface area contributed by atoms with Crippen molar-refractivity contribution < 1.29 is 4.74 Å². The van der Waals surface area contributed by atoms with Gasteiger partial charge in [-0.05, 0) is 13.3 Å². The van der Waals surface area contributed by atoms with Gasteiger partial charge in [-0.1, -0.05) is 13.8 Å². The van der Waals surface area contributed by atoms with Crippen LogP contribution in [-0.4, -0.2) is 22.1 Å². The summed E-state index contributed by atoms with van der Waals surface area (Å²) in [6, 6.07) is 0. The van der Waals surface area contributed by atoms with Crippen LogP contribution in [0.1, 0.15) is 38.8 Å². The molecule has 0 aliphatic carbocycles. The first-order chi connectivity index (χ1) is 7.05. The highest BCUT2D eigenvalue weighted by Crippen LogP contribution is 2.25. The molecule has 1 aromatic rings. The SMILES string of the molecule is CCc1nc(N)nc(C(C)(CC)OC)n1. The van der Waals surface area contributed by atoms with Crippen molar-refractivity contribution in [2.24, 2.45) is 0 Å². The van der Waals surface area contributed by atoms with Crippen molar-refractivity contribution in [1.29, 1.82) is 0 Å². The Kier molecular flexibility index (Phi) is 3.57. The maximum absolute atomic E-state index is 5.62. The third kappa shape index (κ3) is 2.41. The summed E-state index contributed by atoms with van der Waals surface area (Å²) >= 11 is 0. The monoisotopic (exact) mass is 210 g/mol. The van der Waals surface area contributed by atoms with Crippen molar-refractivity contribution in [2.75, 3.05) is 12.8 Å². The number of nitrogens with two attached hydrogens (primary N) is 1. The van der Waals surface area contributed by atoms with Gasteiger partial charge in [0.25, 0.3) is 0 Å². The normalized spacial score (nSPS) is 14.9. The number of aryl methyl sites for hydroxylation is 1. The molecule has 0 radical (unpaired) electrons. The van der Waals surface area contributed by atoms with E-state index in [1.165, 1.54) is 0 Å². The van der Waals surface area contributed by atoms with E-state index in [0.717, 1.165) is 12.8 Å². The molecule has 5 nitrogen and oxygen atoms in total.